The molecular weight excluding hydrogens is 538 g/mol. The highest BCUT2D eigenvalue weighted by Crippen LogP contribution is 2.34. The predicted octanol–water partition coefficient (Wildman–Crippen LogP) is 5.66. The summed E-state index contributed by atoms with van der Waals surface area (Å²) in [5.41, 5.74) is 4.51. The van der Waals surface area contributed by atoms with Crippen LogP contribution in [0.5, 0.6) is 11.5 Å². The van der Waals surface area contributed by atoms with Crippen LogP contribution in [0.1, 0.15) is 11.1 Å². The number of nitrogens with zero attached hydrogens (tertiary/aromatic N) is 2. The summed E-state index contributed by atoms with van der Waals surface area (Å²) in [6.45, 7) is 1.35. The van der Waals surface area contributed by atoms with Crippen molar-refractivity contribution in [3.05, 3.63) is 108 Å². The SMILES string of the molecule is COc1ccc(N(CC(=O)N/N=C\c2c3ccccc3cc3ccccc23)S(=O)(=O)c2ccc(C)cc2)cc1OC. The third-order valence-electron chi connectivity index (χ3n) is 6.75. The normalized spacial score (nSPS) is 11.6. The van der Waals surface area contributed by atoms with E-state index in [1.165, 1.54) is 32.4 Å². The minimum absolute atomic E-state index is 0.0522. The van der Waals surface area contributed by atoms with Crippen LogP contribution >= 0.6 is 0 Å². The predicted molar refractivity (Wildman–Crippen MR) is 162 cm³/mol. The summed E-state index contributed by atoms with van der Waals surface area (Å²) in [7, 11) is -1.17. The molecule has 0 saturated heterocycles. The van der Waals surface area contributed by atoms with Crippen molar-refractivity contribution in [2.24, 2.45) is 5.10 Å². The van der Waals surface area contributed by atoms with Gasteiger partial charge in [0.2, 0.25) is 0 Å². The van der Waals surface area contributed by atoms with Gasteiger partial charge in [-0.25, -0.2) is 13.8 Å². The summed E-state index contributed by atoms with van der Waals surface area (Å²) >= 11 is 0. The van der Waals surface area contributed by atoms with Gasteiger partial charge in [0, 0.05) is 11.6 Å². The second-order valence-corrected chi connectivity index (χ2v) is 11.3. The first-order chi connectivity index (χ1) is 19.8. The Balaban J connectivity index is 1.47. The molecule has 0 bridgehead atoms. The van der Waals surface area contributed by atoms with E-state index in [1.807, 2.05) is 55.5 Å². The average Bonchev–Trinajstić information content (AvgIpc) is 2.99. The van der Waals surface area contributed by atoms with Gasteiger partial charge in [0.15, 0.2) is 11.5 Å². The number of hydrazone groups is 1. The van der Waals surface area contributed by atoms with Gasteiger partial charge in [-0.1, -0.05) is 66.2 Å². The van der Waals surface area contributed by atoms with Crippen molar-refractivity contribution >= 4 is 49.4 Å². The van der Waals surface area contributed by atoms with Gasteiger partial charge in [-0.15, -0.1) is 0 Å². The Morgan fingerprint density at radius 1 is 0.829 bits per heavy atom. The van der Waals surface area contributed by atoms with E-state index in [-0.39, 0.29) is 10.6 Å². The molecule has 208 valence electrons. The van der Waals surface area contributed by atoms with E-state index in [4.69, 9.17) is 9.47 Å². The second kappa shape index (κ2) is 11.7. The van der Waals surface area contributed by atoms with Crippen LogP contribution in [0.3, 0.4) is 0 Å². The van der Waals surface area contributed by atoms with Crippen LogP contribution in [0.4, 0.5) is 5.69 Å². The molecule has 0 unspecified atom stereocenters. The number of hydrogen-bond donors (Lipinski definition) is 1. The fraction of sp³-hybridized carbons (Fsp3) is 0.125. The molecule has 41 heavy (non-hydrogen) atoms. The molecule has 8 nitrogen and oxygen atoms in total. The monoisotopic (exact) mass is 567 g/mol. The van der Waals surface area contributed by atoms with Gasteiger partial charge in [0.05, 0.1) is 31.0 Å². The molecule has 0 aliphatic carbocycles. The molecule has 0 heterocycles. The molecule has 5 rings (SSSR count). The highest BCUT2D eigenvalue weighted by atomic mass is 32.2. The first kappa shape index (κ1) is 27.7. The zero-order valence-electron chi connectivity index (χ0n) is 22.9. The fourth-order valence-electron chi connectivity index (χ4n) is 4.66. The number of anilines is 1. The van der Waals surface area contributed by atoms with Crippen LogP contribution in [-0.4, -0.2) is 41.3 Å². The van der Waals surface area contributed by atoms with Crippen LogP contribution in [0.15, 0.2) is 107 Å². The molecule has 0 atom stereocenters. The Kier molecular flexibility index (Phi) is 7.89. The lowest BCUT2D eigenvalue weighted by atomic mass is 9.97. The van der Waals surface area contributed by atoms with Crippen molar-refractivity contribution in [2.45, 2.75) is 11.8 Å². The minimum Gasteiger partial charge on any atom is -0.493 e. The maximum atomic E-state index is 13.8. The maximum absolute atomic E-state index is 13.8. The van der Waals surface area contributed by atoms with E-state index < -0.39 is 22.5 Å². The van der Waals surface area contributed by atoms with E-state index in [2.05, 4.69) is 16.6 Å². The van der Waals surface area contributed by atoms with Gasteiger partial charge < -0.3 is 9.47 Å². The van der Waals surface area contributed by atoms with Gasteiger partial charge in [-0.3, -0.25) is 9.10 Å². The van der Waals surface area contributed by atoms with E-state index in [1.54, 1.807) is 30.5 Å². The number of carbonyl (C=O) groups is 1. The van der Waals surface area contributed by atoms with Gasteiger partial charge in [-0.2, -0.15) is 5.10 Å². The molecular formula is C32H29N3O5S. The smallest absolute Gasteiger partial charge is 0.264 e. The van der Waals surface area contributed by atoms with Crippen molar-refractivity contribution in [3.63, 3.8) is 0 Å². The number of amides is 1. The third kappa shape index (κ3) is 5.71. The number of benzene rings is 5. The molecule has 5 aromatic carbocycles. The molecule has 1 amide bonds. The summed E-state index contributed by atoms with van der Waals surface area (Å²) in [5, 5.41) is 8.28. The topological polar surface area (TPSA) is 97.3 Å². The number of hydrogen-bond acceptors (Lipinski definition) is 6. The Morgan fingerprint density at radius 2 is 1.44 bits per heavy atom. The lowest BCUT2D eigenvalue weighted by Gasteiger charge is -2.24. The van der Waals surface area contributed by atoms with Crippen molar-refractivity contribution in [1.29, 1.82) is 0 Å². The fourth-order valence-corrected chi connectivity index (χ4v) is 6.07. The zero-order chi connectivity index (χ0) is 29.0. The van der Waals surface area contributed by atoms with Crippen LogP contribution in [0.25, 0.3) is 21.5 Å². The van der Waals surface area contributed by atoms with Crippen LogP contribution in [0.2, 0.25) is 0 Å². The summed E-state index contributed by atoms with van der Waals surface area (Å²) in [5.74, 6) is 0.145. The van der Waals surface area contributed by atoms with Gasteiger partial charge >= 0.3 is 0 Å². The first-order valence-corrected chi connectivity index (χ1v) is 14.3. The first-order valence-electron chi connectivity index (χ1n) is 12.9. The molecule has 0 fully saturated rings. The Bertz CT molecular complexity index is 1810. The molecule has 5 aromatic rings. The third-order valence-corrected chi connectivity index (χ3v) is 8.54. The summed E-state index contributed by atoms with van der Waals surface area (Å²) in [6.07, 6.45) is 1.60. The molecule has 0 aromatic heterocycles. The quantitative estimate of drug-likeness (QED) is 0.141. The highest BCUT2D eigenvalue weighted by molar-refractivity contribution is 7.92. The number of sulfonamides is 1. The van der Waals surface area contributed by atoms with E-state index in [9.17, 15) is 13.2 Å². The number of nitrogens with one attached hydrogen (secondary N) is 1. The number of aryl methyl sites for hydroxylation is 1. The van der Waals surface area contributed by atoms with Crippen LogP contribution < -0.4 is 19.2 Å². The van der Waals surface area contributed by atoms with Crippen molar-refractivity contribution in [2.75, 3.05) is 25.1 Å². The van der Waals surface area contributed by atoms with Crippen LogP contribution in [0, 0.1) is 6.92 Å². The number of carbonyl (C=O) groups excluding carboxylic acids is 1. The van der Waals surface area contributed by atoms with E-state index in [0.717, 1.165) is 37.0 Å². The Morgan fingerprint density at radius 3 is 2.05 bits per heavy atom. The average molecular weight is 568 g/mol. The molecule has 0 aliphatic heterocycles. The number of fused-ring (bicyclic) bond motifs is 2. The summed E-state index contributed by atoms with van der Waals surface area (Å²) < 4.78 is 39.2. The summed E-state index contributed by atoms with van der Waals surface area (Å²) in [6, 6.07) is 29.1. The van der Waals surface area contributed by atoms with Crippen molar-refractivity contribution in [3.8, 4) is 11.5 Å². The van der Waals surface area contributed by atoms with Crippen LogP contribution in [-0.2, 0) is 14.8 Å². The van der Waals surface area contributed by atoms with Gasteiger partial charge in [0.25, 0.3) is 15.9 Å². The largest absolute Gasteiger partial charge is 0.493 e. The van der Waals surface area contributed by atoms with Crippen molar-refractivity contribution < 1.29 is 22.7 Å². The van der Waals surface area contributed by atoms with Gasteiger partial charge in [0.1, 0.15) is 6.54 Å². The number of methoxy groups -OCH3 is 2. The number of ether oxygens (including phenoxy) is 2. The Labute approximate surface area is 238 Å². The lowest BCUT2D eigenvalue weighted by Crippen LogP contribution is -2.39. The number of rotatable bonds is 9. The maximum Gasteiger partial charge on any atom is 0.264 e. The standard InChI is InChI=1S/C32H29N3O5S/c1-22-12-15-26(16-13-22)41(37,38)35(25-14-17-30(39-2)31(19-25)40-3)21-32(36)34-33-20-29-27-10-6-4-8-23(27)18-24-9-5-7-11-28(24)29/h4-20H,21H2,1-3H3,(H,34,36)/b33-20-. The lowest BCUT2D eigenvalue weighted by molar-refractivity contribution is -0.119. The van der Waals surface area contributed by atoms with Gasteiger partial charge in [-0.05, 0) is 58.8 Å². The molecule has 9 heteroatoms. The molecule has 0 spiro atoms. The zero-order valence-corrected chi connectivity index (χ0v) is 23.7. The second-order valence-electron chi connectivity index (χ2n) is 9.39. The van der Waals surface area contributed by atoms with Crippen molar-refractivity contribution in [1.82, 2.24) is 5.43 Å². The van der Waals surface area contributed by atoms with E-state index in [0.29, 0.717) is 11.5 Å². The summed E-state index contributed by atoms with van der Waals surface area (Å²) in [4.78, 5) is 13.2. The molecule has 0 aliphatic rings. The Hall–Kier alpha value is -4.89. The molecule has 1 N–H and O–H groups in total. The molecule has 0 radical (unpaired) electrons. The highest BCUT2D eigenvalue weighted by Gasteiger charge is 2.28. The van der Waals surface area contributed by atoms with E-state index >= 15 is 0 Å². The minimum atomic E-state index is -4.12. The molecule has 0 saturated carbocycles.